The van der Waals surface area contributed by atoms with E-state index in [2.05, 4.69) is 15.0 Å². The van der Waals surface area contributed by atoms with Crippen LogP contribution in [0.2, 0.25) is 10.0 Å². The Bertz CT molecular complexity index is 1100. The fraction of sp³-hybridized carbons (Fsp3) is 0.476. The van der Waals surface area contributed by atoms with Gasteiger partial charge in [-0.2, -0.15) is 4.52 Å². The normalized spacial score (nSPS) is 18.4. The molecular formula is C21H24Cl2N4O3S. The average Bonchev–Trinajstić information content (AvgIpc) is 3.29. The van der Waals surface area contributed by atoms with Gasteiger partial charge in [0.25, 0.3) is 0 Å². The number of carbonyl (C=O) groups excluding carboxylic acids is 1. The van der Waals surface area contributed by atoms with Crippen molar-refractivity contribution in [3.63, 3.8) is 0 Å². The van der Waals surface area contributed by atoms with Crippen LogP contribution < -0.4 is 0 Å². The van der Waals surface area contributed by atoms with Crippen LogP contribution in [0.25, 0.3) is 4.96 Å². The summed E-state index contributed by atoms with van der Waals surface area (Å²) in [4.78, 5) is 20.4. The van der Waals surface area contributed by atoms with E-state index in [1.165, 1.54) is 15.9 Å². The first-order valence-corrected chi connectivity index (χ1v) is 11.9. The van der Waals surface area contributed by atoms with Gasteiger partial charge in [-0.3, -0.25) is 9.69 Å². The Kier molecular flexibility index (Phi) is 6.71. The molecule has 1 aromatic carbocycles. The molecular weight excluding hydrogens is 459 g/mol. The van der Waals surface area contributed by atoms with E-state index in [-0.39, 0.29) is 23.8 Å². The van der Waals surface area contributed by atoms with Crippen molar-refractivity contribution in [2.24, 2.45) is 5.92 Å². The monoisotopic (exact) mass is 482 g/mol. The lowest BCUT2D eigenvalue weighted by Crippen LogP contribution is -2.41. The van der Waals surface area contributed by atoms with Crippen molar-refractivity contribution in [1.29, 1.82) is 0 Å². The number of aryl methyl sites for hydroxylation is 1. The van der Waals surface area contributed by atoms with Gasteiger partial charge in [-0.25, -0.2) is 4.98 Å². The minimum Gasteiger partial charge on any atom is -0.492 e. The molecule has 2 aromatic heterocycles. The second kappa shape index (κ2) is 9.32. The van der Waals surface area contributed by atoms with Gasteiger partial charge in [0, 0.05) is 23.0 Å². The SMILES string of the molecule is CCOC(=O)[C@H]1CCCN([C@@H](c2ccc(Cl)cc2Cl)c2sc3nc(CC)nn3c2O)C1. The van der Waals surface area contributed by atoms with Crippen LogP contribution in [0.4, 0.5) is 0 Å². The largest absolute Gasteiger partial charge is 0.492 e. The minimum absolute atomic E-state index is 0.0430. The summed E-state index contributed by atoms with van der Waals surface area (Å²) in [5.74, 6) is 0.307. The van der Waals surface area contributed by atoms with Crippen molar-refractivity contribution in [3.8, 4) is 5.88 Å². The van der Waals surface area contributed by atoms with Crippen molar-refractivity contribution < 1.29 is 14.6 Å². The molecule has 1 N–H and O–H groups in total. The predicted octanol–water partition coefficient (Wildman–Crippen LogP) is 4.73. The number of benzene rings is 1. The van der Waals surface area contributed by atoms with Crippen LogP contribution in [-0.2, 0) is 16.0 Å². The number of aromatic hydroxyl groups is 1. The van der Waals surface area contributed by atoms with Crippen LogP contribution in [0, 0.1) is 5.92 Å². The van der Waals surface area contributed by atoms with Crippen molar-refractivity contribution in [2.45, 2.75) is 39.2 Å². The van der Waals surface area contributed by atoms with Crippen LogP contribution in [0.3, 0.4) is 0 Å². The molecule has 166 valence electrons. The molecule has 1 fully saturated rings. The van der Waals surface area contributed by atoms with Crippen LogP contribution in [0.1, 0.15) is 49.0 Å². The molecule has 2 atom stereocenters. The molecule has 0 saturated carbocycles. The van der Waals surface area contributed by atoms with E-state index in [4.69, 9.17) is 27.9 Å². The summed E-state index contributed by atoms with van der Waals surface area (Å²) >= 11 is 14.1. The van der Waals surface area contributed by atoms with E-state index in [1.54, 1.807) is 12.1 Å². The van der Waals surface area contributed by atoms with Crippen LogP contribution in [0.5, 0.6) is 5.88 Å². The molecule has 0 bridgehead atoms. The third kappa shape index (κ3) is 4.39. The van der Waals surface area contributed by atoms with Crippen LogP contribution in [0.15, 0.2) is 18.2 Å². The fourth-order valence-corrected chi connectivity index (χ4v) is 5.68. The molecule has 0 unspecified atom stereocenters. The smallest absolute Gasteiger partial charge is 0.310 e. The van der Waals surface area contributed by atoms with Gasteiger partial charge in [-0.1, -0.05) is 47.5 Å². The summed E-state index contributed by atoms with van der Waals surface area (Å²) in [5.41, 5.74) is 0.811. The van der Waals surface area contributed by atoms with Gasteiger partial charge in [-0.05, 0) is 44.0 Å². The minimum atomic E-state index is -0.361. The van der Waals surface area contributed by atoms with Gasteiger partial charge in [0.1, 0.15) is 0 Å². The number of piperidine rings is 1. The maximum Gasteiger partial charge on any atom is 0.310 e. The molecule has 1 aliphatic rings. The summed E-state index contributed by atoms with van der Waals surface area (Å²) in [6, 6.07) is 4.99. The van der Waals surface area contributed by atoms with Crippen LogP contribution >= 0.6 is 34.5 Å². The second-order valence-corrected chi connectivity index (χ2v) is 9.37. The molecule has 31 heavy (non-hydrogen) atoms. The van der Waals surface area contributed by atoms with E-state index < -0.39 is 0 Å². The highest BCUT2D eigenvalue weighted by Gasteiger charge is 2.36. The van der Waals surface area contributed by atoms with Crippen molar-refractivity contribution in [2.75, 3.05) is 19.7 Å². The Labute approximate surface area is 194 Å². The third-order valence-electron chi connectivity index (χ3n) is 5.50. The second-order valence-electron chi connectivity index (χ2n) is 7.52. The van der Waals surface area contributed by atoms with E-state index in [0.717, 1.165) is 24.9 Å². The number of hydrogen-bond donors (Lipinski definition) is 1. The molecule has 7 nitrogen and oxygen atoms in total. The van der Waals surface area contributed by atoms with E-state index in [9.17, 15) is 9.90 Å². The number of aromatic nitrogens is 3. The standard InChI is InChI=1S/C21H24Cl2N4O3S/c1-3-16-24-21-27(25-16)19(28)18(31-21)17(14-8-7-13(22)10-15(14)23)26-9-5-6-12(11-26)20(29)30-4-2/h7-8,10,12,17,28H,3-6,9,11H2,1-2H3/t12-,17-/m0/s1. The highest BCUT2D eigenvalue weighted by molar-refractivity contribution is 7.17. The highest BCUT2D eigenvalue weighted by Crippen LogP contribution is 2.43. The van der Waals surface area contributed by atoms with Gasteiger partial charge >= 0.3 is 5.97 Å². The zero-order chi connectivity index (χ0) is 22.1. The molecule has 4 rings (SSSR count). The van der Waals surface area contributed by atoms with Gasteiger partial charge in [0.2, 0.25) is 10.8 Å². The van der Waals surface area contributed by atoms with Crippen molar-refractivity contribution in [3.05, 3.63) is 44.5 Å². The number of fused-ring (bicyclic) bond motifs is 1. The average molecular weight is 483 g/mol. The maximum absolute atomic E-state index is 12.4. The number of hydrogen-bond acceptors (Lipinski definition) is 7. The summed E-state index contributed by atoms with van der Waals surface area (Å²) in [7, 11) is 0. The topological polar surface area (TPSA) is 80.0 Å². The lowest BCUT2D eigenvalue weighted by molar-refractivity contribution is -0.150. The quantitative estimate of drug-likeness (QED) is 0.511. The molecule has 0 spiro atoms. The lowest BCUT2D eigenvalue weighted by Gasteiger charge is -2.37. The van der Waals surface area contributed by atoms with Crippen molar-refractivity contribution in [1.82, 2.24) is 19.5 Å². The number of ether oxygens (including phenoxy) is 1. The first kappa shape index (κ1) is 22.3. The Morgan fingerprint density at radius 3 is 2.87 bits per heavy atom. The van der Waals surface area contributed by atoms with Gasteiger partial charge in [0.15, 0.2) is 5.82 Å². The fourth-order valence-electron chi connectivity index (χ4n) is 4.04. The summed E-state index contributed by atoms with van der Waals surface area (Å²) in [5, 5.41) is 16.5. The highest BCUT2D eigenvalue weighted by atomic mass is 35.5. The van der Waals surface area contributed by atoms with E-state index in [1.807, 2.05) is 19.9 Å². The Morgan fingerprint density at radius 1 is 1.39 bits per heavy atom. The molecule has 0 aliphatic carbocycles. The molecule has 3 aromatic rings. The number of rotatable bonds is 6. The number of esters is 1. The van der Waals surface area contributed by atoms with Gasteiger partial charge < -0.3 is 9.84 Å². The molecule has 3 heterocycles. The molecule has 1 aliphatic heterocycles. The Hall–Kier alpha value is -1.87. The number of halogens is 2. The van der Waals surface area contributed by atoms with E-state index in [0.29, 0.717) is 45.3 Å². The number of carbonyl (C=O) groups is 1. The molecule has 10 heteroatoms. The predicted molar refractivity (Wildman–Crippen MR) is 121 cm³/mol. The Balaban J connectivity index is 1.78. The third-order valence-corrected chi connectivity index (χ3v) is 7.14. The molecule has 1 saturated heterocycles. The van der Waals surface area contributed by atoms with E-state index >= 15 is 0 Å². The zero-order valence-corrected chi connectivity index (χ0v) is 19.7. The first-order valence-electron chi connectivity index (χ1n) is 10.4. The molecule has 0 amide bonds. The Morgan fingerprint density at radius 2 is 2.19 bits per heavy atom. The summed E-state index contributed by atoms with van der Waals surface area (Å²) in [6.07, 6.45) is 2.30. The van der Waals surface area contributed by atoms with Crippen molar-refractivity contribution >= 4 is 45.5 Å². The zero-order valence-electron chi connectivity index (χ0n) is 17.3. The first-order chi connectivity index (χ1) is 14.9. The van der Waals surface area contributed by atoms with Crippen LogP contribution in [-0.4, -0.2) is 50.3 Å². The summed E-state index contributed by atoms with van der Waals surface area (Å²) in [6.45, 7) is 5.40. The number of nitrogens with zero attached hydrogens (tertiary/aromatic N) is 4. The number of likely N-dealkylation sites (tertiary alicyclic amines) is 1. The number of thiazole rings is 1. The maximum atomic E-state index is 12.4. The summed E-state index contributed by atoms with van der Waals surface area (Å²) < 4.78 is 6.74. The lowest BCUT2D eigenvalue weighted by atomic mass is 9.94. The van der Waals surface area contributed by atoms with Gasteiger partial charge in [0.05, 0.1) is 23.4 Å². The van der Waals surface area contributed by atoms with Gasteiger partial charge in [-0.15, -0.1) is 5.10 Å². The molecule has 0 radical (unpaired) electrons.